The first-order valence-electron chi connectivity index (χ1n) is 8.92. The molecular weight excluding hydrogens is 280 g/mol. The summed E-state index contributed by atoms with van der Waals surface area (Å²) in [5.41, 5.74) is 2.82. The zero-order chi connectivity index (χ0) is 15.9. The minimum Gasteiger partial charge on any atom is -0.305 e. The van der Waals surface area contributed by atoms with Crippen LogP contribution in [0.3, 0.4) is 0 Å². The van der Waals surface area contributed by atoms with E-state index in [2.05, 4.69) is 77.8 Å². The Kier molecular flexibility index (Phi) is 5.84. The van der Waals surface area contributed by atoms with Crippen LogP contribution in [-0.4, -0.2) is 24.0 Å². The highest BCUT2D eigenvalue weighted by Gasteiger charge is 2.26. The Hall–Kier alpha value is -1.64. The summed E-state index contributed by atoms with van der Waals surface area (Å²) in [4.78, 5) is 2.61. The van der Waals surface area contributed by atoms with Gasteiger partial charge in [-0.25, -0.2) is 0 Å². The summed E-state index contributed by atoms with van der Waals surface area (Å²) in [5.74, 6) is 0. The van der Waals surface area contributed by atoms with Crippen molar-refractivity contribution in [2.75, 3.05) is 13.1 Å². The average molecular weight is 308 g/mol. The largest absolute Gasteiger partial charge is 0.305 e. The maximum absolute atomic E-state index is 3.88. The molecule has 2 aromatic carbocycles. The maximum Gasteiger partial charge on any atom is 0.0452 e. The van der Waals surface area contributed by atoms with E-state index in [0.717, 1.165) is 19.6 Å². The van der Waals surface area contributed by atoms with E-state index in [1.807, 2.05) is 0 Å². The average Bonchev–Trinajstić information content (AvgIpc) is 2.61. The number of piperazine rings is 1. The van der Waals surface area contributed by atoms with Crippen LogP contribution in [0.5, 0.6) is 0 Å². The number of benzene rings is 2. The molecule has 0 bridgehead atoms. The minimum absolute atomic E-state index is 0.440. The number of unbranched alkanes of at least 4 members (excludes halogenated alkanes) is 1. The SMILES string of the molecule is CCCC[C@@H]1CN(Cc2ccccc2)C[C@H](c2ccccc2)N1. The van der Waals surface area contributed by atoms with Gasteiger partial charge in [-0.15, -0.1) is 0 Å². The highest BCUT2D eigenvalue weighted by atomic mass is 15.2. The highest BCUT2D eigenvalue weighted by Crippen LogP contribution is 2.22. The summed E-state index contributed by atoms with van der Waals surface area (Å²) in [6.45, 7) is 5.56. The number of rotatable bonds is 6. The van der Waals surface area contributed by atoms with E-state index < -0.39 is 0 Å². The van der Waals surface area contributed by atoms with Crippen molar-refractivity contribution in [2.45, 2.75) is 44.8 Å². The number of hydrogen-bond donors (Lipinski definition) is 1. The van der Waals surface area contributed by atoms with Gasteiger partial charge in [0.2, 0.25) is 0 Å². The van der Waals surface area contributed by atoms with Crippen LogP contribution in [0.1, 0.15) is 43.4 Å². The second-order valence-corrected chi connectivity index (χ2v) is 6.65. The summed E-state index contributed by atoms with van der Waals surface area (Å²) in [6, 6.07) is 22.8. The lowest BCUT2D eigenvalue weighted by Crippen LogP contribution is -2.51. The van der Waals surface area contributed by atoms with Crippen LogP contribution in [0.4, 0.5) is 0 Å². The van der Waals surface area contributed by atoms with Crippen molar-refractivity contribution in [1.29, 1.82) is 0 Å². The molecule has 3 rings (SSSR count). The maximum atomic E-state index is 3.88. The molecule has 122 valence electrons. The fourth-order valence-electron chi connectivity index (χ4n) is 3.52. The molecule has 2 heteroatoms. The first kappa shape index (κ1) is 16.2. The van der Waals surface area contributed by atoms with Gasteiger partial charge in [0.05, 0.1) is 0 Å². The summed E-state index contributed by atoms with van der Waals surface area (Å²) < 4.78 is 0. The van der Waals surface area contributed by atoms with Crippen LogP contribution in [-0.2, 0) is 6.54 Å². The lowest BCUT2D eigenvalue weighted by atomic mass is 9.98. The lowest BCUT2D eigenvalue weighted by molar-refractivity contribution is 0.147. The Morgan fingerprint density at radius 1 is 0.957 bits per heavy atom. The Morgan fingerprint density at radius 2 is 1.65 bits per heavy atom. The molecule has 1 saturated heterocycles. The van der Waals surface area contributed by atoms with Gasteiger partial charge in [0.1, 0.15) is 0 Å². The fourth-order valence-corrected chi connectivity index (χ4v) is 3.52. The molecule has 1 N–H and O–H groups in total. The highest BCUT2D eigenvalue weighted by molar-refractivity contribution is 5.21. The monoisotopic (exact) mass is 308 g/mol. The molecule has 0 aromatic heterocycles. The third-order valence-corrected chi connectivity index (χ3v) is 4.71. The van der Waals surface area contributed by atoms with Crippen LogP contribution in [0.2, 0.25) is 0 Å². The van der Waals surface area contributed by atoms with Gasteiger partial charge in [0, 0.05) is 31.7 Å². The Balaban J connectivity index is 1.71. The quantitative estimate of drug-likeness (QED) is 0.851. The van der Waals surface area contributed by atoms with Crippen molar-refractivity contribution >= 4 is 0 Å². The van der Waals surface area contributed by atoms with Crippen LogP contribution >= 0.6 is 0 Å². The lowest BCUT2D eigenvalue weighted by Gasteiger charge is -2.39. The van der Waals surface area contributed by atoms with Gasteiger partial charge < -0.3 is 5.32 Å². The predicted molar refractivity (Wildman–Crippen MR) is 97.4 cm³/mol. The third-order valence-electron chi connectivity index (χ3n) is 4.71. The van der Waals surface area contributed by atoms with E-state index in [4.69, 9.17) is 0 Å². The van der Waals surface area contributed by atoms with Crippen LogP contribution in [0, 0.1) is 0 Å². The molecule has 1 aliphatic heterocycles. The van der Waals surface area contributed by atoms with Gasteiger partial charge in [-0.05, 0) is 17.5 Å². The number of hydrogen-bond acceptors (Lipinski definition) is 2. The van der Waals surface area contributed by atoms with Crippen molar-refractivity contribution in [2.24, 2.45) is 0 Å². The Morgan fingerprint density at radius 3 is 2.35 bits per heavy atom. The Bertz CT molecular complexity index is 567. The van der Waals surface area contributed by atoms with Crippen molar-refractivity contribution in [1.82, 2.24) is 10.2 Å². The summed E-state index contributed by atoms with van der Waals surface area (Å²) >= 11 is 0. The molecule has 2 aromatic rings. The molecule has 23 heavy (non-hydrogen) atoms. The van der Waals surface area contributed by atoms with E-state index in [1.54, 1.807) is 0 Å². The van der Waals surface area contributed by atoms with E-state index in [9.17, 15) is 0 Å². The van der Waals surface area contributed by atoms with Crippen molar-refractivity contribution in [3.05, 3.63) is 71.8 Å². The molecule has 2 nitrogen and oxygen atoms in total. The standard InChI is InChI=1S/C21H28N2/c1-2-3-14-20-16-23(15-18-10-6-4-7-11-18)17-21(22-20)19-12-8-5-9-13-19/h4-13,20-22H,2-3,14-17H2,1H3/t20-,21-/m1/s1. The molecule has 1 aliphatic rings. The normalized spacial score (nSPS) is 22.1. The van der Waals surface area contributed by atoms with E-state index in [1.165, 1.54) is 30.4 Å². The zero-order valence-corrected chi connectivity index (χ0v) is 14.1. The molecule has 2 atom stereocenters. The topological polar surface area (TPSA) is 15.3 Å². The first-order chi connectivity index (χ1) is 11.3. The van der Waals surface area contributed by atoms with Crippen molar-refractivity contribution in [3.8, 4) is 0 Å². The molecular formula is C21H28N2. The van der Waals surface area contributed by atoms with Gasteiger partial charge in [0.25, 0.3) is 0 Å². The van der Waals surface area contributed by atoms with Gasteiger partial charge >= 0.3 is 0 Å². The predicted octanol–water partition coefficient (Wildman–Crippen LogP) is 4.39. The smallest absolute Gasteiger partial charge is 0.0452 e. The minimum atomic E-state index is 0.440. The summed E-state index contributed by atoms with van der Waals surface area (Å²) in [5, 5.41) is 3.88. The zero-order valence-electron chi connectivity index (χ0n) is 14.1. The third kappa shape index (κ3) is 4.66. The second-order valence-electron chi connectivity index (χ2n) is 6.65. The fraction of sp³-hybridized carbons (Fsp3) is 0.429. The van der Waals surface area contributed by atoms with Crippen LogP contribution < -0.4 is 5.32 Å². The molecule has 0 amide bonds. The van der Waals surface area contributed by atoms with Gasteiger partial charge in [-0.3, -0.25) is 4.90 Å². The number of nitrogens with one attached hydrogen (secondary N) is 1. The molecule has 0 saturated carbocycles. The van der Waals surface area contributed by atoms with Crippen molar-refractivity contribution < 1.29 is 0 Å². The molecule has 0 radical (unpaired) electrons. The van der Waals surface area contributed by atoms with Crippen LogP contribution in [0.15, 0.2) is 60.7 Å². The van der Waals surface area contributed by atoms with Crippen molar-refractivity contribution in [3.63, 3.8) is 0 Å². The molecule has 1 heterocycles. The van der Waals surface area contributed by atoms with Gasteiger partial charge in [-0.2, -0.15) is 0 Å². The van der Waals surface area contributed by atoms with Crippen LogP contribution in [0.25, 0.3) is 0 Å². The van der Waals surface area contributed by atoms with E-state index in [-0.39, 0.29) is 0 Å². The molecule has 0 spiro atoms. The first-order valence-corrected chi connectivity index (χ1v) is 8.92. The van der Waals surface area contributed by atoms with E-state index in [0.29, 0.717) is 12.1 Å². The van der Waals surface area contributed by atoms with Gasteiger partial charge in [0.15, 0.2) is 0 Å². The summed E-state index contributed by atoms with van der Waals surface area (Å²) in [6.07, 6.45) is 3.84. The summed E-state index contributed by atoms with van der Waals surface area (Å²) in [7, 11) is 0. The second kappa shape index (κ2) is 8.28. The number of nitrogens with zero attached hydrogens (tertiary/aromatic N) is 1. The molecule has 0 unspecified atom stereocenters. The van der Waals surface area contributed by atoms with E-state index >= 15 is 0 Å². The molecule has 0 aliphatic carbocycles. The Labute approximate surface area is 140 Å². The molecule has 1 fully saturated rings. The van der Waals surface area contributed by atoms with Gasteiger partial charge in [-0.1, -0.05) is 80.4 Å².